The Labute approximate surface area is 109 Å². The zero-order chi connectivity index (χ0) is 13.1. The average molecular weight is 272 g/mol. The molecular formula is C12H14ClNO4. The Kier molecular flexibility index (Phi) is 3.91. The van der Waals surface area contributed by atoms with Crippen molar-refractivity contribution in [3.8, 4) is 0 Å². The van der Waals surface area contributed by atoms with Crippen LogP contribution in [0.5, 0.6) is 0 Å². The molecule has 2 rings (SSSR count). The first-order valence-electron chi connectivity index (χ1n) is 5.85. The molecular weight excluding hydrogens is 258 g/mol. The minimum absolute atomic E-state index is 0.00776. The fourth-order valence-electron chi connectivity index (χ4n) is 2.33. The van der Waals surface area contributed by atoms with Crippen LogP contribution < -0.4 is 0 Å². The Hall–Kier alpha value is -1.49. The number of aliphatic carboxylic acids is 1. The molecule has 0 bridgehead atoms. The van der Waals surface area contributed by atoms with Crippen LogP contribution in [0.3, 0.4) is 0 Å². The molecule has 0 unspecified atom stereocenters. The maximum absolute atomic E-state index is 12.3. The van der Waals surface area contributed by atoms with E-state index in [1.54, 1.807) is 0 Å². The summed E-state index contributed by atoms with van der Waals surface area (Å²) in [6.45, 7) is -0.301. The highest BCUT2D eigenvalue weighted by molar-refractivity contribution is 6.32. The second-order valence-electron chi connectivity index (χ2n) is 4.37. The lowest BCUT2D eigenvalue weighted by atomic mass is 10.1. The summed E-state index contributed by atoms with van der Waals surface area (Å²) in [5, 5.41) is 8.92. The first-order valence-corrected chi connectivity index (χ1v) is 6.23. The molecule has 6 heteroatoms. The van der Waals surface area contributed by atoms with Crippen LogP contribution in [-0.4, -0.2) is 34.5 Å². The number of carbonyl (C=O) groups excluding carboxylic acids is 1. The lowest BCUT2D eigenvalue weighted by Gasteiger charge is -2.26. The molecule has 0 radical (unpaired) electrons. The van der Waals surface area contributed by atoms with Crippen molar-refractivity contribution < 1.29 is 19.1 Å². The number of nitrogens with zero attached hydrogens (tertiary/aromatic N) is 1. The van der Waals surface area contributed by atoms with E-state index in [-0.39, 0.29) is 29.3 Å². The molecule has 0 atom stereocenters. The van der Waals surface area contributed by atoms with Crippen molar-refractivity contribution in [2.24, 2.45) is 0 Å². The normalized spacial score (nSPS) is 15.8. The highest BCUT2D eigenvalue weighted by Gasteiger charge is 2.30. The van der Waals surface area contributed by atoms with Gasteiger partial charge in [-0.1, -0.05) is 12.8 Å². The van der Waals surface area contributed by atoms with Crippen LogP contribution in [0, 0.1) is 0 Å². The van der Waals surface area contributed by atoms with Gasteiger partial charge in [0, 0.05) is 6.04 Å². The molecule has 0 spiro atoms. The van der Waals surface area contributed by atoms with E-state index < -0.39 is 5.97 Å². The van der Waals surface area contributed by atoms with E-state index in [1.165, 1.54) is 17.2 Å². The number of amides is 1. The molecule has 1 aliphatic carbocycles. The van der Waals surface area contributed by atoms with Crippen molar-refractivity contribution in [2.45, 2.75) is 31.7 Å². The molecule has 1 aromatic rings. The molecule has 1 heterocycles. The number of carboxylic acid groups (broad SMARTS) is 1. The molecule has 1 aliphatic rings. The van der Waals surface area contributed by atoms with Crippen LogP contribution in [-0.2, 0) is 4.79 Å². The Balaban J connectivity index is 2.20. The summed E-state index contributed by atoms with van der Waals surface area (Å²) in [5.41, 5.74) is 0.227. The number of carbonyl (C=O) groups is 2. The van der Waals surface area contributed by atoms with E-state index in [4.69, 9.17) is 21.1 Å². The Morgan fingerprint density at radius 2 is 2.11 bits per heavy atom. The van der Waals surface area contributed by atoms with E-state index in [1.807, 2.05) is 0 Å². The second kappa shape index (κ2) is 5.44. The monoisotopic (exact) mass is 271 g/mol. The summed E-state index contributed by atoms with van der Waals surface area (Å²) < 4.78 is 4.87. The van der Waals surface area contributed by atoms with Gasteiger partial charge in [0.2, 0.25) is 5.22 Å². The number of rotatable bonds is 4. The summed E-state index contributed by atoms with van der Waals surface area (Å²) in [4.78, 5) is 24.5. The predicted molar refractivity (Wildman–Crippen MR) is 64.6 cm³/mol. The molecule has 5 nitrogen and oxygen atoms in total. The van der Waals surface area contributed by atoms with Gasteiger partial charge in [-0.2, -0.15) is 0 Å². The van der Waals surface area contributed by atoms with E-state index in [9.17, 15) is 9.59 Å². The van der Waals surface area contributed by atoms with Crippen LogP contribution in [0.2, 0.25) is 5.22 Å². The van der Waals surface area contributed by atoms with Gasteiger partial charge in [-0.05, 0) is 30.5 Å². The average Bonchev–Trinajstić information content (AvgIpc) is 2.95. The van der Waals surface area contributed by atoms with Gasteiger partial charge in [-0.15, -0.1) is 0 Å². The molecule has 98 valence electrons. The van der Waals surface area contributed by atoms with Crippen molar-refractivity contribution in [3.05, 3.63) is 23.1 Å². The Bertz CT molecular complexity index is 451. The molecule has 0 aromatic carbocycles. The van der Waals surface area contributed by atoms with E-state index >= 15 is 0 Å². The number of hydrogen-bond acceptors (Lipinski definition) is 3. The molecule has 1 saturated carbocycles. The summed E-state index contributed by atoms with van der Waals surface area (Å²) >= 11 is 5.76. The van der Waals surface area contributed by atoms with Gasteiger partial charge in [-0.3, -0.25) is 9.59 Å². The van der Waals surface area contributed by atoms with Crippen LogP contribution in [0.4, 0.5) is 0 Å². The minimum Gasteiger partial charge on any atom is -0.480 e. The van der Waals surface area contributed by atoms with Gasteiger partial charge in [0.25, 0.3) is 5.91 Å². The smallest absolute Gasteiger partial charge is 0.323 e. The van der Waals surface area contributed by atoms with E-state index in [0.717, 1.165) is 25.7 Å². The molecule has 1 amide bonds. The number of hydrogen-bond donors (Lipinski definition) is 1. The van der Waals surface area contributed by atoms with Gasteiger partial charge in [-0.25, -0.2) is 0 Å². The summed E-state index contributed by atoms with van der Waals surface area (Å²) in [5.74, 6) is -1.39. The molecule has 18 heavy (non-hydrogen) atoms. The Morgan fingerprint density at radius 3 is 2.61 bits per heavy atom. The van der Waals surface area contributed by atoms with Crippen molar-refractivity contribution in [3.63, 3.8) is 0 Å². The van der Waals surface area contributed by atoms with Crippen molar-refractivity contribution >= 4 is 23.5 Å². The largest absolute Gasteiger partial charge is 0.480 e. The minimum atomic E-state index is -1.02. The maximum Gasteiger partial charge on any atom is 0.323 e. The summed E-state index contributed by atoms with van der Waals surface area (Å²) in [6.07, 6.45) is 5.05. The molecule has 0 saturated heterocycles. The van der Waals surface area contributed by atoms with Crippen LogP contribution in [0.15, 0.2) is 16.7 Å². The lowest BCUT2D eigenvalue weighted by Crippen LogP contribution is -2.42. The molecule has 1 N–H and O–H groups in total. The molecule has 1 aromatic heterocycles. The SMILES string of the molecule is O=C(O)CN(C(=O)c1ccoc1Cl)C1CCCC1. The van der Waals surface area contributed by atoms with Gasteiger partial charge < -0.3 is 14.4 Å². The van der Waals surface area contributed by atoms with Gasteiger partial charge >= 0.3 is 5.97 Å². The topological polar surface area (TPSA) is 70.8 Å². The predicted octanol–water partition coefficient (Wildman–Crippen LogP) is 2.40. The third kappa shape index (κ3) is 2.67. The fraction of sp³-hybridized carbons (Fsp3) is 0.500. The number of halogens is 1. The zero-order valence-corrected chi connectivity index (χ0v) is 10.5. The van der Waals surface area contributed by atoms with E-state index in [0.29, 0.717) is 0 Å². The lowest BCUT2D eigenvalue weighted by molar-refractivity contribution is -0.138. The van der Waals surface area contributed by atoms with Crippen molar-refractivity contribution in [1.82, 2.24) is 4.90 Å². The van der Waals surface area contributed by atoms with Crippen molar-refractivity contribution in [1.29, 1.82) is 0 Å². The number of carboxylic acids is 1. The van der Waals surface area contributed by atoms with Crippen LogP contribution in [0.1, 0.15) is 36.0 Å². The van der Waals surface area contributed by atoms with Gasteiger partial charge in [0.05, 0.1) is 11.8 Å². The molecule has 0 aliphatic heterocycles. The number of furan rings is 1. The Morgan fingerprint density at radius 1 is 1.44 bits per heavy atom. The van der Waals surface area contributed by atoms with Crippen LogP contribution >= 0.6 is 11.6 Å². The maximum atomic E-state index is 12.3. The second-order valence-corrected chi connectivity index (χ2v) is 4.72. The van der Waals surface area contributed by atoms with Gasteiger partial charge in [0.1, 0.15) is 6.54 Å². The fourth-order valence-corrected chi connectivity index (χ4v) is 2.52. The zero-order valence-electron chi connectivity index (χ0n) is 9.76. The summed E-state index contributed by atoms with van der Waals surface area (Å²) in [6, 6.07) is 1.45. The third-order valence-corrected chi connectivity index (χ3v) is 3.47. The third-order valence-electron chi connectivity index (χ3n) is 3.18. The van der Waals surface area contributed by atoms with Crippen LogP contribution in [0.25, 0.3) is 0 Å². The van der Waals surface area contributed by atoms with Crippen molar-refractivity contribution in [2.75, 3.05) is 6.54 Å². The highest BCUT2D eigenvalue weighted by atomic mass is 35.5. The molecule has 1 fully saturated rings. The standard InChI is InChI=1S/C12H14ClNO4/c13-11-9(5-6-18-11)12(17)14(7-10(15)16)8-3-1-2-4-8/h5-6,8H,1-4,7H2,(H,15,16). The van der Waals surface area contributed by atoms with E-state index in [2.05, 4.69) is 0 Å². The first kappa shape index (κ1) is 13.0. The van der Waals surface area contributed by atoms with Gasteiger partial charge in [0.15, 0.2) is 0 Å². The quantitative estimate of drug-likeness (QED) is 0.913. The summed E-state index contributed by atoms with van der Waals surface area (Å²) in [7, 11) is 0. The highest BCUT2D eigenvalue weighted by Crippen LogP contribution is 2.26. The first-order chi connectivity index (χ1) is 8.59.